The van der Waals surface area contributed by atoms with E-state index >= 15 is 0 Å². The van der Waals surface area contributed by atoms with Crippen molar-refractivity contribution in [2.75, 3.05) is 0 Å². The van der Waals surface area contributed by atoms with Crippen molar-refractivity contribution in [3.8, 4) is 0 Å². The molecular weight excluding hydrogens is 323 g/mol. The number of allylic oxidation sites excluding steroid dienone is 2. The molecule has 1 rings (SSSR count). The molecule has 1 aliphatic rings. The molecular formula is C21H39KO2. The monoisotopic (exact) mass is 362 g/mol. The summed E-state index contributed by atoms with van der Waals surface area (Å²) in [6, 6.07) is 0. The Morgan fingerprint density at radius 2 is 1.38 bits per heavy atom. The Morgan fingerprint density at radius 1 is 0.875 bits per heavy atom. The van der Waals surface area contributed by atoms with Gasteiger partial charge in [0.15, 0.2) is 0 Å². The molecule has 0 N–H and O–H groups in total. The largest absolute Gasteiger partial charge is 1.00 e. The molecule has 0 saturated heterocycles. The van der Waals surface area contributed by atoms with Gasteiger partial charge in [-0.3, -0.25) is 4.79 Å². The van der Waals surface area contributed by atoms with Crippen LogP contribution in [0, 0.1) is 0 Å². The molecule has 0 atom stereocenters. The fourth-order valence-electron chi connectivity index (χ4n) is 2.77. The van der Waals surface area contributed by atoms with Crippen LogP contribution in [0.1, 0.15) is 111 Å². The standard InChI is InChI=1S/C21H38O2.K.H/c1-2-3-4-5-6-7-8-9-10-11-12-13-14-15-16-17-21(22)23-20-18-19-20;;/h9-10,20H,2-8,11-19H2,1H3;;/q;+1;-1/b10-9-;;. The van der Waals surface area contributed by atoms with E-state index in [-0.39, 0.29) is 64.9 Å². The molecule has 1 aliphatic carbocycles. The molecule has 0 aromatic carbocycles. The van der Waals surface area contributed by atoms with Gasteiger partial charge in [-0.05, 0) is 44.9 Å². The first-order chi connectivity index (χ1) is 11.3. The Labute approximate surface area is 194 Å². The maximum Gasteiger partial charge on any atom is 1.00 e. The Balaban J connectivity index is 0. The summed E-state index contributed by atoms with van der Waals surface area (Å²) in [6.45, 7) is 2.27. The van der Waals surface area contributed by atoms with E-state index in [1.54, 1.807) is 0 Å². The summed E-state index contributed by atoms with van der Waals surface area (Å²) in [5.74, 6) is 0.0186. The summed E-state index contributed by atoms with van der Waals surface area (Å²) in [7, 11) is 0. The van der Waals surface area contributed by atoms with Gasteiger partial charge in [-0.25, -0.2) is 0 Å². The van der Waals surface area contributed by atoms with Gasteiger partial charge in [-0.1, -0.05) is 70.4 Å². The normalized spacial score (nSPS) is 13.9. The van der Waals surface area contributed by atoms with E-state index in [9.17, 15) is 4.79 Å². The molecule has 24 heavy (non-hydrogen) atoms. The van der Waals surface area contributed by atoms with Crippen molar-refractivity contribution in [2.24, 2.45) is 0 Å². The smallest absolute Gasteiger partial charge is 1.00 e. The molecule has 3 heteroatoms. The van der Waals surface area contributed by atoms with Gasteiger partial charge < -0.3 is 6.16 Å². The summed E-state index contributed by atoms with van der Waals surface area (Å²) in [4.78, 5) is 11.4. The van der Waals surface area contributed by atoms with Gasteiger partial charge in [0.2, 0.25) is 0 Å². The number of carbonyl (C=O) groups is 1. The quantitative estimate of drug-likeness (QED) is 0.180. The second-order valence-electron chi connectivity index (χ2n) is 7.02. The summed E-state index contributed by atoms with van der Waals surface area (Å²) in [6.07, 6.45) is 24.6. The SMILES string of the molecule is CCCCCCCC/C=C\CCCCCCCC(=O)OC1CC1.[H-].[K+]. The Morgan fingerprint density at radius 3 is 1.92 bits per heavy atom. The Hall–Kier alpha value is 0.846. The summed E-state index contributed by atoms with van der Waals surface area (Å²) in [5, 5.41) is 0. The molecule has 2 nitrogen and oxygen atoms in total. The first-order valence-electron chi connectivity index (χ1n) is 10.2. The number of carbonyl (C=O) groups excluding carboxylic acids is 1. The van der Waals surface area contributed by atoms with E-state index in [4.69, 9.17) is 4.74 Å². The van der Waals surface area contributed by atoms with Gasteiger partial charge >= 0.3 is 57.4 Å². The van der Waals surface area contributed by atoms with Gasteiger partial charge in [-0.2, -0.15) is 0 Å². The van der Waals surface area contributed by atoms with E-state index in [1.807, 2.05) is 0 Å². The van der Waals surface area contributed by atoms with Crippen molar-refractivity contribution in [2.45, 2.75) is 116 Å². The van der Waals surface area contributed by atoms with Crippen LogP contribution in [0.25, 0.3) is 0 Å². The van der Waals surface area contributed by atoms with Crippen LogP contribution >= 0.6 is 0 Å². The zero-order valence-electron chi connectivity index (χ0n) is 17.4. The fourth-order valence-corrected chi connectivity index (χ4v) is 2.77. The molecule has 1 saturated carbocycles. The molecule has 0 aromatic rings. The molecule has 0 radical (unpaired) electrons. The third kappa shape index (κ3) is 17.7. The van der Waals surface area contributed by atoms with Crippen LogP contribution in [0.15, 0.2) is 12.2 Å². The minimum absolute atomic E-state index is 0. The van der Waals surface area contributed by atoms with Crippen LogP contribution in [0.5, 0.6) is 0 Å². The van der Waals surface area contributed by atoms with Gasteiger partial charge in [-0.15, -0.1) is 0 Å². The predicted octanol–water partition coefficient (Wildman–Crippen LogP) is 3.85. The maximum atomic E-state index is 11.4. The second kappa shape index (κ2) is 18.6. The minimum Gasteiger partial charge on any atom is -1.00 e. The van der Waals surface area contributed by atoms with E-state index in [0.29, 0.717) is 6.42 Å². The zero-order chi connectivity index (χ0) is 16.6. The molecule has 0 bridgehead atoms. The number of esters is 1. The predicted molar refractivity (Wildman–Crippen MR) is 99.7 cm³/mol. The summed E-state index contributed by atoms with van der Waals surface area (Å²) < 4.78 is 5.23. The van der Waals surface area contributed by atoms with Gasteiger partial charge in [0.25, 0.3) is 0 Å². The Kier molecular flexibility index (Phi) is 19.3. The van der Waals surface area contributed by atoms with Crippen LogP contribution < -0.4 is 51.4 Å². The third-order valence-corrected chi connectivity index (χ3v) is 4.47. The molecule has 0 unspecified atom stereocenters. The average molecular weight is 363 g/mol. The van der Waals surface area contributed by atoms with Gasteiger partial charge in [0.1, 0.15) is 6.10 Å². The number of rotatable bonds is 16. The van der Waals surface area contributed by atoms with Crippen molar-refractivity contribution in [3.63, 3.8) is 0 Å². The van der Waals surface area contributed by atoms with Crippen molar-refractivity contribution in [3.05, 3.63) is 12.2 Å². The van der Waals surface area contributed by atoms with Crippen LogP contribution in [-0.2, 0) is 9.53 Å². The molecule has 1 fully saturated rings. The van der Waals surface area contributed by atoms with Crippen LogP contribution in [0.3, 0.4) is 0 Å². The van der Waals surface area contributed by atoms with Crippen LogP contribution in [-0.4, -0.2) is 12.1 Å². The minimum atomic E-state index is 0. The van der Waals surface area contributed by atoms with E-state index in [2.05, 4.69) is 19.1 Å². The van der Waals surface area contributed by atoms with Gasteiger partial charge in [0.05, 0.1) is 0 Å². The molecule has 0 amide bonds. The number of ether oxygens (including phenoxy) is 1. The zero-order valence-corrected chi connectivity index (χ0v) is 19.5. The average Bonchev–Trinajstić information content (AvgIpc) is 3.35. The van der Waals surface area contributed by atoms with E-state index in [1.165, 1.54) is 77.0 Å². The van der Waals surface area contributed by atoms with Crippen molar-refractivity contribution in [1.82, 2.24) is 0 Å². The first-order valence-corrected chi connectivity index (χ1v) is 10.2. The van der Waals surface area contributed by atoms with E-state index in [0.717, 1.165) is 19.3 Å². The first kappa shape index (κ1) is 24.8. The number of hydrogen-bond donors (Lipinski definition) is 0. The third-order valence-electron chi connectivity index (χ3n) is 4.47. The number of unbranched alkanes of at least 4 members (excludes halogenated alkanes) is 11. The van der Waals surface area contributed by atoms with Crippen molar-refractivity contribution in [1.29, 1.82) is 0 Å². The van der Waals surface area contributed by atoms with Crippen molar-refractivity contribution < 1.29 is 62.3 Å². The van der Waals surface area contributed by atoms with Crippen LogP contribution in [0.4, 0.5) is 0 Å². The Bertz CT molecular complexity index is 317. The summed E-state index contributed by atoms with van der Waals surface area (Å²) >= 11 is 0. The fraction of sp³-hybridized carbons (Fsp3) is 0.857. The molecule has 0 aliphatic heterocycles. The van der Waals surface area contributed by atoms with Gasteiger partial charge in [0, 0.05) is 6.42 Å². The second-order valence-corrected chi connectivity index (χ2v) is 7.02. The molecule has 0 spiro atoms. The molecule has 136 valence electrons. The molecule has 0 aromatic heterocycles. The molecule has 0 heterocycles. The number of hydrogen-bond acceptors (Lipinski definition) is 2. The van der Waals surface area contributed by atoms with Crippen LogP contribution in [0.2, 0.25) is 0 Å². The topological polar surface area (TPSA) is 26.3 Å². The maximum absolute atomic E-state index is 11.4. The summed E-state index contributed by atoms with van der Waals surface area (Å²) in [5.41, 5.74) is 0. The van der Waals surface area contributed by atoms with E-state index < -0.39 is 0 Å². The van der Waals surface area contributed by atoms with Crippen molar-refractivity contribution >= 4 is 5.97 Å².